The zero-order valence-corrected chi connectivity index (χ0v) is 14.9. The van der Waals surface area contributed by atoms with Gasteiger partial charge in [0.1, 0.15) is 4.88 Å². The van der Waals surface area contributed by atoms with Crippen LogP contribution < -0.4 is 5.32 Å². The van der Waals surface area contributed by atoms with Crippen molar-refractivity contribution in [1.29, 1.82) is 0 Å². The number of carbonyl (C=O) groups is 1. The maximum atomic E-state index is 12.4. The van der Waals surface area contributed by atoms with Gasteiger partial charge in [-0.05, 0) is 36.6 Å². The zero-order chi connectivity index (χ0) is 16.4. The van der Waals surface area contributed by atoms with Crippen molar-refractivity contribution in [2.24, 2.45) is 0 Å². The Hall–Kier alpha value is -1.55. The van der Waals surface area contributed by atoms with Crippen LogP contribution in [-0.4, -0.2) is 12.5 Å². The first-order valence-corrected chi connectivity index (χ1v) is 8.84. The third-order valence-electron chi connectivity index (χ3n) is 3.63. The van der Waals surface area contributed by atoms with Gasteiger partial charge in [0.15, 0.2) is 0 Å². The molecule has 0 spiro atoms. The minimum atomic E-state index is -0.138. The normalized spacial score (nSPS) is 10.9. The molecule has 2 nitrogen and oxygen atoms in total. The third kappa shape index (κ3) is 3.52. The van der Waals surface area contributed by atoms with Crippen LogP contribution in [0, 0.1) is 6.92 Å². The van der Waals surface area contributed by atoms with Crippen LogP contribution in [0.15, 0.2) is 42.5 Å². The smallest absolute Gasteiger partial charge is 0.262 e. The van der Waals surface area contributed by atoms with Crippen molar-refractivity contribution >= 4 is 50.5 Å². The average molecular weight is 364 g/mol. The van der Waals surface area contributed by atoms with E-state index in [9.17, 15) is 4.79 Å². The topological polar surface area (TPSA) is 29.1 Å². The minimum absolute atomic E-state index is 0.138. The summed E-state index contributed by atoms with van der Waals surface area (Å²) in [4.78, 5) is 12.9. The summed E-state index contributed by atoms with van der Waals surface area (Å²) in [7, 11) is 0. The van der Waals surface area contributed by atoms with Crippen LogP contribution in [0.25, 0.3) is 10.1 Å². The van der Waals surface area contributed by atoms with Crippen molar-refractivity contribution < 1.29 is 4.79 Å². The molecule has 2 aromatic carbocycles. The fraction of sp³-hybridized carbons (Fsp3) is 0.167. The highest BCUT2D eigenvalue weighted by atomic mass is 35.5. The first-order chi connectivity index (χ1) is 11.1. The predicted octanol–water partition coefficient (Wildman–Crippen LogP) is 5.49. The van der Waals surface area contributed by atoms with Crippen LogP contribution in [0.1, 0.15) is 20.8 Å². The molecule has 0 fully saturated rings. The monoisotopic (exact) mass is 363 g/mol. The fourth-order valence-corrected chi connectivity index (χ4v) is 4.17. The fourth-order valence-electron chi connectivity index (χ4n) is 2.41. The number of halogens is 2. The maximum absolute atomic E-state index is 12.4. The second-order valence-corrected chi connectivity index (χ2v) is 7.18. The summed E-state index contributed by atoms with van der Waals surface area (Å²) in [6, 6.07) is 13.7. The second-order valence-electron chi connectivity index (χ2n) is 5.34. The first-order valence-electron chi connectivity index (χ1n) is 7.26. The standard InChI is InChI=1S/C18H15Cl2NOS/c1-11-6-7-13-15(10-11)23-17(16(13)20)18(22)21-9-8-12-4-2-3-5-14(12)19/h2-7,10H,8-9H2,1H3,(H,21,22). The van der Waals surface area contributed by atoms with Gasteiger partial charge < -0.3 is 5.32 Å². The van der Waals surface area contributed by atoms with E-state index in [-0.39, 0.29) is 5.91 Å². The molecule has 0 unspecified atom stereocenters. The Morgan fingerprint density at radius 3 is 2.74 bits per heavy atom. The van der Waals surface area contributed by atoms with Crippen LogP contribution in [0.4, 0.5) is 0 Å². The Labute approximate surface area is 149 Å². The molecule has 1 aromatic heterocycles. The SMILES string of the molecule is Cc1ccc2c(Cl)c(C(=O)NCCc3ccccc3Cl)sc2c1. The molecule has 5 heteroatoms. The van der Waals surface area contributed by atoms with E-state index in [1.54, 1.807) is 0 Å². The number of nitrogens with one attached hydrogen (secondary N) is 1. The van der Waals surface area contributed by atoms with Gasteiger partial charge in [-0.15, -0.1) is 11.3 Å². The Morgan fingerprint density at radius 2 is 1.96 bits per heavy atom. The molecular formula is C18H15Cl2NOS. The molecule has 3 aromatic rings. The molecule has 0 aliphatic carbocycles. The Balaban J connectivity index is 1.71. The van der Waals surface area contributed by atoms with E-state index >= 15 is 0 Å². The van der Waals surface area contributed by atoms with Crippen molar-refractivity contribution in [2.75, 3.05) is 6.54 Å². The number of fused-ring (bicyclic) bond motifs is 1. The Morgan fingerprint density at radius 1 is 1.17 bits per heavy atom. The number of aryl methyl sites for hydroxylation is 1. The lowest BCUT2D eigenvalue weighted by atomic mass is 10.1. The number of hydrogen-bond donors (Lipinski definition) is 1. The largest absolute Gasteiger partial charge is 0.351 e. The molecule has 3 rings (SSSR count). The summed E-state index contributed by atoms with van der Waals surface area (Å²) in [6.45, 7) is 2.54. The van der Waals surface area contributed by atoms with E-state index in [2.05, 4.69) is 5.32 Å². The Kier molecular flexibility index (Phi) is 4.90. The average Bonchev–Trinajstić information content (AvgIpc) is 2.85. The number of thiophene rings is 1. The van der Waals surface area contributed by atoms with Gasteiger partial charge in [0.05, 0.1) is 5.02 Å². The lowest BCUT2D eigenvalue weighted by molar-refractivity contribution is 0.0958. The van der Waals surface area contributed by atoms with Gasteiger partial charge in [-0.25, -0.2) is 0 Å². The highest BCUT2D eigenvalue weighted by Gasteiger charge is 2.16. The van der Waals surface area contributed by atoms with Gasteiger partial charge in [0.2, 0.25) is 0 Å². The van der Waals surface area contributed by atoms with E-state index in [1.165, 1.54) is 11.3 Å². The highest BCUT2D eigenvalue weighted by molar-refractivity contribution is 7.21. The van der Waals surface area contributed by atoms with Gasteiger partial charge in [-0.1, -0.05) is 53.5 Å². The van der Waals surface area contributed by atoms with Crippen LogP contribution in [0.5, 0.6) is 0 Å². The molecule has 0 bridgehead atoms. The number of amides is 1. The summed E-state index contributed by atoms with van der Waals surface area (Å²) in [5, 5.41) is 5.10. The zero-order valence-electron chi connectivity index (χ0n) is 12.5. The predicted molar refractivity (Wildman–Crippen MR) is 99.1 cm³/mol. The molecule has 1 amide bonds. The molecule has 0 aliphatic heterocycles. The molecule has 0 aliphatic rings. The van der Waals surface area contributed by atoms with E-state index in [1.807, 2.05) is 49.4 Å². The third-order valence-corrected chi connectivity index (χ3v) is 5.65. The van der Waals surface area contributed by atoms with Crippen molar-refractivity contribution in [3.8, 4) is 0 Å². The van der Waals surface area contributed by atoms with Gasteiger partial charge in [0, 0.05) is 21.7 Å². The van der Waals surface area contributed by atoms with Crippen molar-refractivity contribution in [3.63, 3.8) is 0 Å². The number of rotatable bonds is 4. The van der Waals surface area contributed by atoms with Crippen LogP contribution in [-0.2, 0) is 6.42 Å². The minimum Gasteiger partial charge on any atom is -0.351 e. The van der Waals surface area contributed by atoms with Crippen LogP contribution >= 0.6 is 34.5 Å². The van der Waals surface area contributed by atoms with Gasteiger partial charge in [0.25, 0.3) is 5.91 Å². The van der Waals surface area contributed by atoms with Crippen molar-refractivity contribution in [3.05, 3.63) is 68.5 Å². The molecule has 118 valence electrons. The summed E-state index contributed by atoms with van der Waals surface area (Å²) in [6.07, 6.45) is 0.688. The number of hydrogen-bond acceptors (Lipinski definition) is 2. The van der Waals surface area contributed by atoms with Gasteiger partial charge in [-0.2, -0.15) is 0 Å². The molecule has 0 atom stereocenters. The van der Waals surface area contributed by atoms with Crippen LogP contribution in [0.3, 0.4) is 0 Å². The van der Waals surface area contributed by atoms with Gasteiger partial charge >= 0.3 is 0 Å². The molecule has 0 radical (unpaired) electrons. The van der Waals surface area contributed by atoms with Crippen molar-refractivity contribution in [2.45, 2.75) is 13.3 Å². The highest BCUT2D eigenvalue weighted by Crippen LogP contribution is 2.35. The van der Waals surface area contributed by atoms with Crippen LogP contribution in [0.2, 0.25) is 10.0 Å². The van der Waals surface area contributed by atoms with Gasteiger partial charge in [-0.3, -0.25) is 4.79 Å². The van der Waals surface area contributed by atoms with E-state index in [0.29, 0.717) is 22.9 Å². The maximum Gasteiger partial charge on any atom is 0.262 e. The van der Waals surface area contributed by atoms with E-state index in [4.69, 9.17) is 23.2 Å². The lowest BCUT2D eigenvalue weighted by Gasteiger charge is -2.06. The summed E-state index contributed by atoms with van der Waals surface area (Å²) in [5.74, 6) is -0.138. The quantitative estimate of drug-likeness (QED) is 0.652. The van der Waals surface area contributed by atoms with E-state index in [0.717, 1.165) is 26.2 Å². The molecule has 0 saturated heterocycles. The summed E-state index contributed by atoms with van der Waals surface area (Å²) >= 11 is 13.9. The summed E-state index contributed by atoms with van der Waals surface area (Å²) < 4.78 is 1.03. The van der Waals surface area contributed by atoms with Crippen molar-refractivity contribution in [1.82, 2.24) is 5.32 Å². The Bertz CT molecular complexity index is 873. The molecule has 23 heavy (non-hydrogen) atoms. The molecule has 1 heterocycles. The first kappa shape index (κ1) is 16.3. The number of carbonyl (C=O) groups excluding carboxylic acids is 1. The second kappa shape index (κ2) is 6.91. The molecule has 0 saturated carbocycles. The lowest BCUT2D eigenvalue weighted by Crippen LogP contribution is -2.25. The molecular weight excluding hydrogens is 349 g/mol. The van der Waals surface area contributed by atoms with E-state index < -0.39 is 0 Å². The number of benzene rings is 2. The molecule has 1 N–H and O–H groups in total. The summed E-state index contributed by atoms with van der Waals surface area (Å²) in [5.41, 5.74) is 2.17.